The molecule has 2 amide bonds. The first-order valence-electron chi connectivity index (χ1n) is 5.84. The Morgan fingerprint density at radius 3 is 2.60 bits per heavy atom. The van der Waals surface area contributed by atoms with Gasteiger partial charge in [-0.05, 0) is 19.1 Å². The number of nitro benzene ring substituents is 1. The van der Waals surface area contributed by atoms with E-state index in [-0.39, 0.29) is 18.7 Å². The number of carbonyl (C=O) groups is 2. The van der Waals surface area contributed by atoms with Crippen molar-refractivity contribution in [2.24, 2.45) is 0 Å². The van der Waals surface area contributed by atoms with Crippen molar-refractivity contribution in [2.45, 2.75) is 6.92 Å². The molecule has 0 aromatic heterocycles. The quantitative estimate of drug-likeness (QED) is 0.643. The van der Waals surface area contributed by atoms with E-state index in [1.807, 2.05) is 0 Å². The number of hydrogen-bond donors (Lipinski definition) is 1. The maximum atomic E-state index is 13.2. The third-order valence-corrected chi connectivity index (χ3v) is 2.67. The highest BCUT2D eigenvalue weighted by atomic mass is 19.1. The van der Waals surface area contributed by atoms with Gasteiger partial charge in [0.2, 0.25) is 5.91 Å². The van der Waals surface area contributed by atoms with Gasteiger partial charge in [0, 0.05) is 19.7 Å². The summed E-state index contributed by atoms with van der Waals surface area (Å²) in [6.07, 6.45) is 0. The average Bonchev–Trinajstić information content (AvgIpc) is 2.43. The van der Waals surface area contributed by atoms with Crippen LogP contribution in [0.25, 0.3) is 0 Å². The first-order chi connectivity index (χ1) is 9.40. The van der Waals surface area contributed by atoms with E-state index in [1.165, 1.54) is 7.05 Å². The van der Waals surface area contributed by atoms with Crippen LogP contribution in [0.2, 0.25) is 0 Å². The van der Waals surface area contributed by atoms with E-state index >= 15 is 0 Å². The fourth-order valence-electron chi connectivity index (χ4n) is 1.59. The molecule has 0 aliphatic carbocycles. The van der Waals surface area contributed by atoms with Gasteiger partial charge in [-0.1, -0.05) is 0 Å². The molecule has 0 spiro atoms. The van der Waals surface area contributed by atoms with Crippen molar-refractivity contribution in [3.05, 3.63) is 39.7 Å². The Labute approximate surface area is 114 Å². The number of nitro groups is 1. The Hall–Kier alpha value is -2.51. The molecule has 1 aromatic rings. The SMILES string of the molecule is CCN(CC(=O)NC)C(=O)c1cc(F)ccc1[N+](=O)[O-]. The molecule has 0 radical (unpaired) electrons. The van der Waals surface area contributed by atoms with Crippen LogP contribution in [-0.2, 0) is 4.79 Å². The summed E-state index contributed by atoms with van der Waals surface area (Å²) < 4.78 is 13.2. The van der Waals surface area contributed by atoms with Gasteiger partial charge in [0.1, 0.15) is 11.4 Å². The van der Waals surface area contributed by atoms with E-state index in [2.05, 4.69) is 5.32 Å². The van der Waals surface area contributed by atoms with Crippen molar-refractivity contribution in [3.8, 4) is 0 Å². The van der Waals surface area contributed by atoms with Gasteiger partial charge in [0.25, 0.3) is 11.6 Å². The molecule has 0 unspecified atom stereocenters. The van der Waals surface area contributed by atoms with Gasteiger partial charge >= 0.3 is 0 Å². The predicted molar refractivity (Wildman–Crippen MR) is 68.7 cm³/mol. The standard InChI is InChI=1S/C12H14FN3O4/c1-3-15(7-11(17)14-2)12(18)9-6-8(13)4-5-10(9)16(19)20/h4-6H,3,7H2,1-2H3,(H,14,17). The minimum atomic E-state index is -0.763. The highest BCUT2D eigenvalue weighted by Crippen LogP contribution is 2.21. The van der Waals surface area contributed by atoms with Crippen LogP contribution >= 0.6 is 0 Å². The molecule has 0 atom stereocenters. The summed E-state index contributed by atoms with van der Waals surface area (Å²) in [4.78, 5) is 34.7. The summed E-state index contributed by atoms with van der Waals surface area (Å²) in [5.74, 6) is -1.93. The Morgan fingerprint density at radius 2 is 2.10 bits per heavy atom. The van der Waals surface area contributed by atoms with E-state index < -0.39 is 28.2 Å². The van der Waals surface area contributed by atoms with E-state index in [9.17, 15) is 24.1 Å². The predicted octanol–water partition coefficient (Wildman–Crippen LogP) is 0.942. The number of likely N-dealkylation sites (N-methyl/N-ethyl adjacent to an activating group) is 2. The highest BCUT2D eigenvalue weighted by molar-refractivity contribution is 5.99. The highest BCUT2D eigenvalue weighted by Gasteiger charge is 2.25. The van der Waals surface area contributed by atoms with Crippen LogP contribution < -0.4 is 5.32 Å². The monoisotopic (exact) mass is 283 g/mol. The van der Waals surface area contributed by atoms with Crippen molar-refractivity contribution in [1.29, 1.82) is 0 Å². The van der Waals surface area contributed by atoms with Crippen LogP contribution in [0.3, 0.4) is 0 Å². The van der Waals surface area contributed by atoms with Gasteiger partial charge in [-0.25, -0.2) is 4.39 Å². The van der Waals surface area contributed by atoms with Gasteiger partial charge in [-0.3, -0.25) is 19.7 Å². The molecular weight excluding hydrogens is 269 g/mol. The van der Waals surface area contributed by atoms with Crippen molar-refractivity contribution in [2.75, 3.05) is 20.1 Å². The number of rotatable bonds is 5. The number of nitrogens with one attached hydrogen (secondary N) is 1. The number of hydrogen-bond acceptors (Lipinski definition) is 4. The molecule has 0 saturated carbocycles. The fourth-order valence-corrected chi connectivity index (χ4v) is 1.59. The van der Waals surface area contributed by atoms with Gasteiger partial charge in [-0.15, -0.1) is 0 Å². The van der Waals surface area contributed by atoms with Crippen molar-refractivity contribution in [1.82, 2.24) is 10.2 Å². The summed E-state index contributed by atoms with van der Waals surface area (Å²) >= 11 is 0. The molecule has 0 aliphatic rings. The number of amides is 2. The largest absolute Gasteiger partial charge is 0.358 e. The van der Waals surface area contributed by atoms with Crippen molar-refractivity contribution < 1.29 is 18.9 Å². The fraction of sp³-hybridized carbons (Fsp3) is 0.333. The second-order valence-corrected chi connectivity index (χ2v) is 3.91. The molecule has 20 heavy (non-hydrogen) atoms. The lowest BCUT2D eigenvalue weighted by atomic mass is 10.1. The first kappa shape index (κ1) is 15.5. The normalized spacial score (nSPS) is 9.95. The summed E-state index contributed by atoms with van der Waals surface area (Å²) in [6, 6.07) is 2.63. The van der Waals surface area contributed by atoms with E-state index in [0.29, 0.717) is 0 Å². The molecule has 1 N–H and O–H groups in total. The Kier molecular flexibility index (Phi) is 5.13. The minimum absolute atomic E-state index is 0.167. The Morgan fingerprint density at radius 1 is 1.45 bits per heavy atom. The van der Waals surface area contributed by atoms with Crippen LogP contribution in [0.15, 0.2) is 18.2 Å². The lowest BCUT2D eigenvalue weighted by molar-refractivity contribution is -0.385. The zero-order valence-electron chi connectivity index (χ0n) is 11.1. The van der Waals surface area contributed by atoms with E-state index in [1.54, 1.807) is 6.92 Å². The smallest absolute Gasteiger partial charge is 0.282 e. The summed E-state index contributed by atoms with van der Waals surface area (Å²) in [5.41, 5.74) is -0.868. The molecule has 1 rings (SSSR count). The van der Waals surface area contributed by atoms with Crippen LogP contribution in [0, 0.1) is 15.9 Å². The van der Waals surface area contributed by atoms with Gasteiger partial charge < -0.3 is 10.2 Å². The molecule has 0 saturated heterocycles. The molecule has 8 heteroatoms. The van der Waals surface area contributed by atoms with E-state index in [0.717, 1.165) is 23.1 Å². The Balaban J connectivity index is 3.14. The summed E-state index contributed by atoms with van der Waals surface area (Å²) in [7, 11) is 1.41. The topological polar surface area (TPSA) is 92.6 Å². The van der Waals surface area contributed by atoms with Crippen LogP contribution in [-0.4, -0.2) is 41.8 Å². The average molecular weight is 283 g/mol. The number of halogens is 1. The van der Waals surface area contributed by atoms with Crippen LogP contribution in [0.4, 0.5) is 10.1 Å². The number of nitrogens with zero attached hydrogens (tertiary/aromatic N) is 2. The maximum Gasteiger partial charge on any atom is 0.282 e. The second kappa shape index (κ2) is 6.60. The molecule has 0 fully saturated rings. The molecule has 1 aromatic carbocycles. The number of benzene rings is 1. The third kappa shape index (κ3) is 3.50. The van der Waals surface area contributed by atoms with Gasteiger partial charge in [0.05, 0.1) is 11.5 Å². The molecular formula is C12H14FN3O4. The van der Waals surface area contributed by atoms with Gasteiger partial charge in [0.15, 0.2) is 0 Å². The van der Waals surface area contributed by atoms with E-state index in [4.69, 9.17) is 0 Å². The molecule has 0 aliphatic heterocycles. The molecule has 7 nitrogen and oxygen atoms in total. The summed E-state index contributed by atoms with van der Waals surface area (Å²) in [6.45, 7) is 1.53. The zero-order chi connectivity index (χ0) is 15.3. The van der Waals surface area contributed by atoms with Crippen molar-refractivity contribution in [3.63, 3.8) is 0 Å². The van der Waals surface area contributed by atoms with Crippen LogP contribution in [0.1, 0.15) is 17.3 Å². The zero-order valence-corrected chi connectivity index (χ0v) is 11.1. The molecule has 0 heterocycles. The summed E-state index contributed by atoms with van der Waals surface area (Å²) in [5, 5.41) is 13.2. The lowest BCUT2D eigenvalue weighted by Crippen LogP contribution is -2.39. The van der Waals surface area contributed by atoms with Crippen LogP contribution in [0.5, 0.6) is 0 Å². The second-order valence-electron chi connectivity index (χ2n) is 3.91. The minimum Gasteiger partial charge on any atom is -0.358 e. The number of carbonyl (C=O) groups excluding carboxylic acids is 2. The van der Waals surface area contributed by atoms with Gasteiger partial charge in [-0.2, -0.15) is 0 Å². The molecule has 108 valence electrons. The third-order valence-electron chi connectivity index (χ3n) is 2.67. The molecule has 0 bridgehead atoms. The lowest BCUT2D eigenvalue weighted by Gasteiger charge is -2.19. The Bertz CT molecular complexity index is 548. The maximum absolute atomic E-state index is 13.2. The van der Waals surface area contributed by atoms with Crippen molar-refractivity contribution >= 4 is 17.5 Å². The first-order valence-corrected chi connectivity index (χ1v) is 5.84.